The van der Waals surface area contributed by atoms with E-state index in [0.29, 0.717) is 22.6 Å². The minimum atomic E-state index is -0.565. The Morgan fingerprint density at radius 2 is 1.77 bits per heavy atom. The van der Waals surface area contributed by atoms with Gasteiger partial charge in [0, 0.05) is 14.8 Å². The van der Waals surface area contributed by atoms with Crippen LogP contribution in [-0.4, -0.2) is 19.0 Å². The molecule has 0 bridgehead atoms. The Labute approximate surface area is 193 Å². The summed E-state index contributed by atoms with van der Waals surface area (Å²) in [5.74, 6) is -0.262. The third-order valence-electron chi connectivity index (χ3n) is 4.19. The Morgan fingerprint density at radius 1 is 1.03 bits per heavy atom. The van der Waals surface area contributed by atoms with E-state index in [1.165, 1.54) is 13.2 Å². The highest BCUT2D eigenvalue weighted by Crippen LogP contribution is 2.23. The average molecular weight is 524 g/mol. The van der Waals surface area contributed by atoms with Crippen LogP contribution in [-0.2, 0) is 4.79 Å². The molecule has 0 spiro atoms. The number of para-hydroxylation sites is 1. The van der Waals surface area contributed by atoms with Crippen molar-refractivity contribution in [2.45, 2.75) is 0 Å². The molecule has 154 valence electrons. The van der Waals surface area contributed by atoms with Gasteiger partial charge in [-0.25, -0.2) is 4.79 Å². The van der Waals surface area contributed by atoms with Crippen molar-refractivity contribution >= 4 is 46.2 Å². The fourth-order valence-corrected chi connectivity index (χ4v) is 3.19. The summed E-state index contributed by atoms with van der Waals surface area (Å²) in [6.45, 7) is 0. The van der Waals surface area contributed by atoms with E-state index in [9.17, 15) is 14.9 Å². The zero-order valence-electron chi connectivity index (χ0n) is 16.5. The number of hydrogen-bond donors (Lipinski definition) is 1. The summed E-state index contributed by atoms with van der Waals surface area (Å²) in [4.78, 5) is 25.1. The average Bonchev–Trinajstić information content (AvgIpc) is 2.78. The van der Waals surface area contributed by atoms with Crippen LogP contribution in [0.2, 0.25) is 0 Å². The zero-order chi connectivity index (χ0) is 22.2. The van der Waals surface area contributed by atoms with Gasteiger partial charge in [-0.2, -0.15) is 5.26 Å². The fraction of sp³-hybridized carbons (Fsp3) is 0.0417. The van der Waals surface area contributed by atoms with Crippen molar-refractivity contribution in [2.75, 3.05) is 12.4 Å². The molecule has 0 aliphatic rings. The van der Waals surface area contributed by atoms with Crippen molar-refractivity contribution in [3.8, 4) is 17.6 Å². The summed E-state index contributed by atoms with van der Waals surface area (Å²) >= 11 is 2.14. The molecule has 3 rings (SSSR count). The van der Waals surface area contributed by atoms with E-state index in [1.54, 1.807) is 66.7 Å². The normalized spacial score (nSPS) is 10.7. The van der Waals surface area contributed by atoms with Crippen LogP contribution < -0.4 is 14.8 Å². The summed E-state index contributed by atoms with van der Waals surface area (Å²) in [5, 5.41) is 12.2. The lowest BCUT2D eigenvalue weighted by Crippen LogP contribution is -2.14. The maximum Gasteiger partial charge on any atom is 0.343 e. The monoisotopic (exact) mass is 524 g/mol. The standard InChI is InChI=1S/C24H17IN2O4/c1-30-21-11-9-16(10-12-21)24(29)31-22-8-3-2-5-17(22)13-18(15-26)23(28)27-20-7-4-6-19(25)14-20/h2-14H,1H3,(H,27,28)/b18-13+. The van der Waals surface area contributed by atoms with Gasteiger partial charge in [0.2, 0.25) is 0 Å². The largest absolute Gasteiger partial charge is 0.497 e. The van der Waals surface area contributed by atoms with Gasteiger partial charge in [-0.15, -0.1) is 0 Å². The van der Waals surface area contributed by atoms with Crippen LogP contribution >= 0.6 is 22.6 Å². The first-order valence-corrected chi connectivity index (χ1v) is 10.2. The van der Waals surface area contributed by atoms with Crippen LogP contribution in [0, 0.1) is 14.9 Å². The topological polar surface area (TPSA) is 88.4 Å². The molecule has 1 amide bonds. The number of anilines is 1. The zero-order valence-corrected chi connectivity index (χ0v) is 18.6. The lowest BCUT2D eigenvalue weighted by molar-refractivity contribution is -0.112. The minimum absolute atomic E-state index is 0.119. The smallest absolute Gasteiger partial charge is 0.343 e. The molecule has 0 unspecified atom stereocenters. The number of nitrogens with zero attached hydrogens (tertiary/aromatic N) is 1. The molecule has 0 saturated heterocycles. The van der Waals surface area contributed by atoms with Crippen molar-refractivity contribution in [1.82, 2.24) is 0 Å². The molecule has 0 fully saturated rings. The van der Waals surface area contributed by atoms with Gasteiger partial charge in [0.1, 0.15) is 23.1 Å². The number of carbonyl (C=O) groups is 2. The Balaban J connectivity index is 1.81. The summed E-state index contributed by atoms with van der Waals surface area (Å²) in [6, 6.07) is 22.3. The second-order valence-electron chi connectivity index (χ2n) is 6.29. The van der Waals surface area contributed by atoms with Gasteiger partial charge in [0.05, 0.1) is 12.7 Å². The van der Waals surface area contributed by atoms with E-state index in [-0.39, 0.29) is 11.3 Å². The highest BCUT2D eigenvalue weighted by molar-refractivity contribution is 14.1. The number of methoxy groups -OCH3 is 1. The highest BCUT2D eigenvalue weighted by atomic mass is 127. The number of rotatable bonds is 6. The number of benzene rings is 3. The third kappa shape index (κ3) is 5.93. The summed E-state index contributed by atoms with van der Waals surface area (Å²) in [5.41, 5.74) is 1.24. The minimum Gasteiger partial charge on any atom is -0.497 e. The van der Waals surface area contributed by atoms with Gasteiger partial charge in [0.15, 0.2) is 0 Å². The third-order valence-corrected chi connectivity index (χ3v) is 4.87. The highest BCUT2D eigenvalue weighted by Gasteiger charge is 2.14. The fourth-order valence-electron chi connectivity index (χ4n) is 2.65. The molecule has 0 radical (unpaired) electrons. The number of carbonyl (C=O) groups excluding carboxylic acids is 2. The number of hydrogen-bond acceptors (Lipinski definition) is 5. The molecule has 3 aromatic rings. The number of amides is 1. The number of halogens is 1. The molecule has 31 heavy (non-hydrogen) atoms. The maximum atomic E-state index is 12.6. The first-order chi connectivity index (χ1) is 15.0. The molecular formula is C24H17IN2O4. The molecule has 1 N–H and O–H groups in total. The van der Waals surface area contributed by atoms with Crippen LogP contribution in [0.5, 0.6) is 11.5 Å². The number of nitrogens with one attached hydrogen (secondary N) is 1. The molecule has 0 saturated carbocycles. The van der Waals surface area contributed by atoms with Crippen molar-refractivity contribution in [1.29, 1.82) is 5.26 Å². The lowest BCUT2D eigenvalue weighted by Gasteiger charge is -2.09. The van der Waals surface area contributed by atoms with Crippen LogP contribution in [0.3, 0.4) is 0 Å². The summed E-state index contributed by atoms with van der Waals surface area (Å²) in [7, 11) is 1.54. The van der Waals surface area contributed by atoms with Crippen LogP contribution in [0.25, 0.3) is 6.08 Å². The Hall–Kier alpha value is -3.64. The Bertz CT molecular complexity index is 1180. The predicted molar refractivity (Wildman–Crippen MR) is 126 cm³/mol. The SMILES string of the molecule is COc1ccc(C(=O)Oc2ccccc2/C=C(\C#N)C(=O)Nc2cccc(I)c2)cc1. The van der Waals surface area contributed by atoms with E-state index >= 15 is 0 Å². The van der Waals surface area contributed by atoms with E-state index in [2.05, 4.69) is 27.9 Å². The van der Waals surface area contributed by atoms with Gasteiger partial charge < -0.3 is 14.8 Å². The molecule has 0 heterocycles. The van der Waals surface area contributed by atoms with Crippen LogP contribution in [0.1, 0.15) is 15.9 Å². The van der Waals surface area contributed by atoms with Crippen LogP contribution in [0.15, 0.2) is 78.4 Å². The van der Waals surface area contributed by atoms with E-state index < -0.39 is 11.9 Å². The maximum absolute atomic E-state index is 12.6. The molecule has 0 aliphatic carbocycles. The van der Waals surface area contributed by atoms with Gasteiger partial charge in [-0.1, -0.05) is 24.3 Å². The number of ether oxygens (including phenoxy) is 2. The van der Waals surface area contributed by atoms with E-state index in [4.69, 9.17) is 9.47 Å². The molecule has 0 aliphatic heterocycles. The van der Waals surface area contributed by atoms with Crippen molar-refractivity contribution in [3.63, 3.8) is 0 Å². The van der Waals surface area contributed by atoms with E-state index in [0.717, 1.165) is 3.57 Å². The van der Waals surface area contributed by atoms with Crippen molar-refractivity contribution < 1.29 is 19.1 Å². The molecule has 7 heteroatoms. The van der Waals surface area contributed by atoms with Gasteiger partial charge in [0.25, 0.3) is 5.91 Å². The lowest BCUT2D eigenvalue weighted by atomic mass is 10.1. The second kappa shape index (κ2) is 10.4. The predicted octanol–water partition coefficient (Wildman–Crippen LogP) is 5.06. The first-order valence-electron chi connectivity index (χ1n) is 9.14. The quantitative estimate of drug-likeness (QED) is 0.160. The van der Waals surface area contributed by atoms with Gasteiger partial charge in [-0.3, -0.25) is 4.79 Å². The number of esters is 1. The first kappa shape index (κ1) is 22.1. The molecular weight excluding hydrogens is 507 g/mol. The molecule has 0 atom stereocenters. The summed E-state index contributed by atoms with van der Waals surface area (Å²) < 4.78 is 11.5. The number of nitriles is 1. The van der Waals surface area contributed by atoms with Crippen molar-refractivity contribution in [2.24, 2.45) is 0 Å². The molecule has 0 aromatic heterocycles. The molecule has 6 nitrogen and oxygen atoms in total. The molecule has 3 aromatic carbocycles. The van der Waals surface area contributed by atoms with Crippen LogP contribution in [0.4, 0.5) is 5.69 Å². The van der Waals surface area contributed by atoms with Gasteiger partial charge >= 0.3 is 5.97 Å². The second-order valence-corrected chi connectivity index (χ2v) is 7.54. The van der Waals surface area contributed by atoms with Gasteiger partial charge in [-0.05, 0) is 77.2 Å². The van der Waals surface area contributed by atoms with E-state index in [1.807, 2.05) is 12.1 Å². The Morgan fingerprint density at radius 3 is 2.45 bits per heavy atom. The Kier molecular flexibility index (Phi) is 7.40. The van der Waals surface area contributed by atoms with Crippen molar-refractivity contribution in [3.05, 3.63) is 93.1 Å². The summed E-state index contributed by atoms with van der Waals surface area (Å²) in [6.07, 6.45) is 1.39.